The van der Waals surface area contributed by atoms with Crippen LogP contribution < -0.4 is 10.2 Å². The first kappa shape index (κ1) is 17.7. The standard InChI is InChI=1S/C19H23N3O2/c1-4-22(16-8-6-5-7-9-16)19(24)15-10-11-20-17(12-15)18(23)21-13-14(2)3/h5-12,14H,4,13H2,1-3H3,(H,21,23). The molecule has 0 saturated heterocycles. The van der Waals surface area contributed by atoms with Crippen LogP contribution in [0.1, 0.15) is 41.6 Å². The summed E-state index contributed by atoms with van der Waals surface area (Å²) in [6.07, 6.45) is 1.50. The maximum Gasteiger partial charge on any atom is 0.269 e. The third-order valence-electron chi connectivity index (χ3n) is 3.54. The fourth-order valence-electron chi connectivity index (χ4n) is 2.28. The average molecular weight is 325 g/mol. The van der Waals surface area contributed by atoms with Crippen LogP contribution in [-0.4, -0.2) is 29.9 Å². The summed E-state index contributed by atoms with van der Waals surface area (Å²) in [5, 5.41) is 2.81. The number of benzene rings is 1. The lowest BCUT2D eigenvalue weighted by molar-refractivity contribution is 0.0944. The molecular weight excluding hydrogens is 302 g/mol. The third-order valence-corrected chi connectivity index (χ3v) is 3.54. The van der Waals surface area contributed by atoms with Crippen LogP contribution in [0.3, 0.4) is 0 Å². The van der Waals surface area contributed by atoms with E-state index in [1.165, 1.54) is 6.20 Å². The molecule has 0 bridgehead atoms. The van der Waals surface area contributed by atoms with Crippen molar-refractivity contribution in [1.82, 2.24) is 10.3 Å². The van der Waals surface area contributed by atoms with E-state index in [1.807, 2.05) is 51.1 Å². The highest BCUT2D eigenvalue weighted by molar-refractivity contribution is 6.07. The lowest BCUT2D eigenvalue weighted by atomic mass is 10.1. The number of para-hydroxylation sites is 1. The van der Waals surface area contributed by atoms with Crippen LogP contribution >= 0.6 is 0 Å². The SMILES string of the molecule is CCN(C(=O)c1ccnc(C(=O)NCC(C)C)c1)c1ccccc1. The zero-order valence-corrected chi connectivity index (χ0v) is 14.3. The Morgan fingerprint density at radius 1 is 1.17 bits per heavy atom. The predicted octanol–water partition coefficient (Wildman–Crippen LogP) is 3.13. The number of carbonyl (C=O) groups is 2. The van der Waals surface area contributed by atoms with Gasteiger partial charge in [0.2, 0.25) is 0 Å². The molecule has 1 aromatic carbocycles. The molecule has 0 aliphatic heterocycles. The molecule has 1 heterocycles. The van der Waals surface area contributed by atoms with Gasteiger partial charge in [-0.2, -0.15) is 0 Å². The minimum absolute atomic E-state index is 0.149. The summed E-state index contributed by atoms with van der Waals surface area (Å²) in [4.78, 5) is 30.7. The molecule has 2 amide bonds. The van der Waals surface area contributed by atoms with Crippen molar-refractivity contribution in [3.63, 3.8) is 0 Å². The Morgan fingerprint density at radius 3 is 2.50 bits per heavy atom. The lowest BCUT2D eigenvalue weighted by Gasteiger charge is -2.21. The number of hydrogen-bond donors (Lipinski definition) is 1. The van der Waals surface area contributed by atoms with Crippen molar-refractivity contribution in [2.24, 2.45) is 5.92 Å². The van der Waals surface area contributed by atoms with Crippen molar-refractivity contribution in [2.45, 2.75) is 20.8 Å². The van der Waals surface area contributed by atoms with E-state index < -0.39 is 0 Å². The normalized spacial score (nSPS) is 10.5. The predicted molar refractivity (Wildman–Crippen MR) is 95.2 cm³/mol. The van der Waals surface area contributed by atoms with E-state index in [0.717, 1.165) is 5.69 Å². The molecule has 5 heteroatoms. The van der Waals surface area contributed by atoms with Gasteiger partial charge in [-0.15, -0.1) is 0 Å². The van der Waals surface area contributed by atoms with Crippen LogP contribution in [0.5, 0.6) is 0 Å². The highest BCUT2D eigenvalue weighted by atomic mass is 16.2. The van der Waals surface area contributed by atoms with Gasteiger partial charge in [0.25, 0.3) is 11.8 Å². The molecule has 0 saturated carbocycles. The topological polar surface area (TPSA) is 62.3 Å². The highest BCUT2D eigenvalue weighted by Crippen LogP contribution is 2.16. The van der Waals surface area contributed by atoms with Crippen molar-refractivity contribution in [1.29, 1.82) is 0 Å². The molecule has 24 heavy (non-hydrogen) atoms. The Morgan fingerprint density at radius 2 is 1.88 bits per heavy atom. The summed E-state index contributed by atoms with van der Waals surface area (Å²) in [6.45, 7) is 7.07. The molecule has 0 aliphatic carbocycles. The average Bonchev–Trinajstić information content (AvgIpc) is 2.61. The highest BCUT2D eigenvalue weighted by Gasteiger charge is 2.18. The Labute approximate surface area is 142 Å². The van der Waals surface area contributed by atoms with Crippen LogP contribution in [0.15, 0.2) is 48.7 Å². The smallest absolute Gasteiger partial charge is 0.269 e. The van der Waals surface area contributed by atoms with E-state index in [4.69, 9.17) is 0 Å². The van der Waals surface area contributed by atoms with Gasteiger partial charge in [-0.05, 0) is 37.1 Å². The van der Waals surface area contributed by atoms with E-state index >= 15 is 0 Å². The van der Waals surface area contributed by atoms with E-state index in [1.54, 1.807) is 17.0 Å². The Bertz CT molecular complexity index is 699. The number of aromatic nitrogens is 1. The Kier molecular flexibility index (Phi) is 6.07. The Hall–Kier alpha value is -2.69. The maximum absolute atomic E-state index is 12.8. The van der Waals surface area contributed by atoms with Gasteiger partial charge in [-0.25, -0.2) is 0 Å². The van der Waals surface area contributed by atoms with Crippen molar-refractivity contribution in [3.05, 3.63) is 59.9 Å². The quantitative estimate of drug-likeness (QED) is 0.887. The van der Waals surface area contributed by atoms with Crippen LogP contribution in [0.25, 0.3) is 0 Å². The number of hydrogen-bond acceptors (Lipinski definition) is 3. The summed E-state index contributed by atoms with van der Waals surface area (Å²) in [7, 11) is 0. The second-order valence-corrected chi connectivity index (χ2v) is 5.92. The summed E-state index contributed by atoms with van der Waals surface area (Å²) in [5.74, 6) is -0.0578. The zero-order valence-electron chi connectivity index (χ0n) is 14.3. The largest absolute Gasteiger partial charge is 0.350 e. The minimum atomic E-state index is -0.263. The molecule has 126 valence electrons. The van der Waals surface area contributed by atoms with Gasteiger partial charge in [-0.1, -0.05) is 32.0 Å². The Balaban J connectivity index is 2.20. The van der Waals surface area contributed by atoms with Crippen molar-refractivity contribution in [3.8, 4) is 0 Å². The number of amides is 2. The zero-order chi connectivity index (χ0) is 17.5. The minimum Gasteiger partial charge on any atom is -0.350 e. The summed E-state index contributed by atoms with van der Waals surface area (Å²) < 4.78 is 0. The third kappa shape index (κ3) is 4.41. The maximum atomic E-state index is 12.8. The molecule has 1 N–H and O–H groups in total. The van der Waals surface area contributed by atoms with Crippen LogP contribution in [0.2, 0.25) is 0 Å². The molecule has 0 spiro atoms. The molecule has 2 aromatic rings. The first-order chi connectivity index (χ1) is 11.5. The summed E-state index contributed by atoms with van der Waals surface area (Å²) in [5.41, 5.74) is 1.53. The monoisotopic (exact) mass is 325 g/mol. The molecule has 5 nitrogen and oxygen atoms in total. The number of anilines is 1. The van der Waals surface area contributed by atoms with Crippen molar-refractivity contribution in [2.75, 3.05) is 18.0 Å². The van der Waals surface area contributed by atoms with Gasteiger partial charge in [0.05, 0.1) is 0 Å². The molecule has 0 fully saturated rings. The molecule has 0 unspecified atom stereocenters. The number of rotatable bonds is 6. The number of pyridine rings is 1. The molecular formula is C19H23N3O2. The van der Waals surface area contributed by atoms with Gasteiger partial charge in [0.1, 0.15) is 5.69 Å². The fraction of sp³-hybridized carbons (Fsp3) is 0.316. The molecule has 0 aliphatic rings. The van der Waals surface area contributed by atoms with Crippen LogP contribution in [-0.2, 0) is 0 Å². The van der Waals surface area contributed by atoms with Crippen molar-refractivity contribution < 1.29 is 9.59 Å². The van der Waals surface area contributed by atoms with E-state index in [9.17, 15) is 9.59 Å². The first-order valence-electron chi connectivity index (χ1n) is 8.14. The number of nitrogens with one attached hydrogen (secondary N) is 1. The van der Waals surface area contributed by atoms with Gasteiger partial charge in [0, 0.05) is 30.5 Å². The number of nitrogens with zero attached hydrogens (tertiary/aromatic N) is 2. The lowest BCUT2D eigenvalue weighted by Crippen LogP contribution is -2.31. The summed E-state index contributed by atoms with van der Waals surface area (Å²) >= 11 is 0. The van der Waals surface area contributed by atoms with E-state index in [0.29, 0.717) is 24.6 Å². The first-order valence-corrected chi connectivity index (χ1v) is 8.14. The second kappa shape index (κ2) is 8.24. The summed E-state index contributed by atoms with van der Waals surface area (Å²) in [6, 6.07) is 12.6. The molecule has 0 radical (unpaired) electrons. The van der Waals surface area contributed by atoms with Crippen molar-refractivity contribution >= 4 is 17.5 Å². The fourth-order valence-corrected chi connectivity index (χ4v) is 2.28. The van der Waals surface area contributed by atoms with Crippen LogP contribution in [0.4, 0.5) is 5.69 Å². The van der Waals surface area contributed by atoms with E-state index in [2.05, 4.69) is 10.3 Å². The molecule has 1 aromatic heterocycles. The second-order valence-electron chi connectivity index (χ2n) is 5.92. The molecule has 2 rings (SSSR count). The van der Waals surface area contributed by atoms with Gasteiger partial charge in [-0.3, -0.25) is 14.6 Å². The number of carbonyl (C=O) groups excluding carboxylic acids is 2. The molecule has 0 atom stereocenters. The van der Waals surface area contributed by atoms with Gasteiger partial charge < -0.3 is 10.2 Å². The van der Waals surface area contributed by atoms with E-state index in [-0.39, 0.29) is 17.5 Å². The van der Waals surface area contributed by atoms with Gasteiger partial charge in [0.15, 0.2) is 0 Å². The van der Waals surface area contributed by atoms with Gasteiger partial charge >= 0.3 is 0 Å². The van der Waals surface area contributed by atoms with Crippen LogP contribution in [0, 0.1) is 5.92 Å².